The van der Waals surface area contributed by atoms with E-state index in [9.17, 15) is 0 Å². The van der Waals surface area contributed by atoms with Gasteiger partial charge in [0, 0.05) is 0 Å². The Balaban J connectivity index is 2.06. The molecule has 0 bridgehead atoms. The van der Waals surface area contributed by atoms with Gasteiger partial charge < -0.3 is 9.73 Å². The van der Waals surface area contributed by atoms with Crippen LogP contribution < -0.4 is 5.32 Å². The van der Waals surface area contributed by atoms with E-state index in [1.165, 1.54) is 11.1 Å². The highest BCUT2D eigenvalue weighted by molar-refractivity contribution is 5.24. The van der Waals surface area contributed by atoms with E-state index < -0.39 is 0 Å². The van der Waals surface area contributed by atoms with Gasteiger partial charge in [0.1, 0.15) is 0 Å². The summed E-state index contributed by atoms with van der Waals surface area (Å²) in [6, 6.07) is 8.44. The number of aryl methyl sites for hydroxylation is 1. The summed E-state index contributed by atoms with van der Waals surface area (Å²) >= 11 is 0. The second kappa shape index (κ2) is 5.78. The van der Waals surface area contributed by atoms with Gasteiger partial charge in [-0.3, -0.25) is 0 Å². The number of nitrogens with one attached hydrogen (secondary N) is 1. The van der Waals surface area contributed by atoms with Crippen LogP contribution in [0.4, 0.5) is 0 Å². The van der Waals surface area contributed by atoms with Crippen LogP contribution in [0, 0.1) is 6.92 Å². The first-order valence-electron chi connectivity index (χ1n) is 6.30. The number of benzene rings is 1. The molecule has 0 aliphatic rings. The summed E-state index contributed by atoms with van der Waals surface area (Å²) in [5.74, 6) is 1.32. The summed E-state index contributed by atoms with van der Waals surface area (Å²) in [7, 11) is 0. The summed E-state index contributed by atoms with van der Waals surface area (Å²) in [5, 5.41) is 11.4. The molecule has 96 valence electrons. The quantitative estimate of drug-likeness (QED) is 0.879. The normalized spacial score (nSPS) is 12.6. The van der Waals surface area contributed by atoms with E-state index in [1.54, 1.807) is 0 Å². The molecule has 1 N–H and O–H groups in total. The lowest BCUT2D eigenvalue weighted by Gasteiger charge is -2.05. The third kappa shape index (κ3) is 3.17. The average molecular weight is 245 g/mol. The van der Waals surface area contributed by atoms with E-state index in [0.29, 0.717) is 18.2 Å². The maximum absolute atomic E-state index is 5.66. The fraction of sp³-hybridized carbons (Fsp3) is 0.429. The van der Waals surface area contributed by atoms with Gasteiger partial charge in [0.25, 0.3) is 0 Å². The van der Waals surface area contributed by atoms with Crippen molar-refractivity contribution >= 4 is 0 Å². The van der Waals surface area contributed by atoms with Crippen molar-refractivity contribution in [1.82, 2.24) is 15.5 Å². The lowest BCUT2D eigenvalue weighted by Crippen LogP contribution is -2.17. The minimum absolute atomic E-state index is 0.105. The minimum atomic E-state index is 0.105. The Morgan fingerprint density at radius 3 is 2.89 bits per heavy atom. The molecule has 0 aliphatic heterocycles. The predicted octanol–water partition coefficient (Wildman–Crippen LogP) is 2.64. The van der Waals surface area contributed by atoms with E-state index in [2.05, 4.69) is 47.6 Å². The molecule has 0 aliphatic carbocycles. The van der Waals surface area contributed by atoms with Gasteiger partial charge in [-0.05, 0) is 26.0 Å². The highest BCUT2D eigenvalue weighted by atomic mass is 16.4. The molecule has 0 saturated heterocycles. The Labute approximate surface area is 107 Å². The summed E-state index contributed by atoms with van der Waals surface area (Å²) in [4.78, 5) is 0. The molecule has 2 aromatic rings. The van der Waals surface area contributed by atoms with Gasteiger partial charge in [-0.25, -0.2) is 0 Å². The van der Waals surface area contributed by atoms with Gasteiger partial charge >= 0.3 is 0 Å². The van der Waals surface area contributed by atoms with Crippen molar-refractivity contribution in [2.75, 3.05) is 6.54 Å². The van der Waals surface area contributed by atoms with Crippen LogP contribution in [0.15, 0.2) is 28.7 Å². The van der Waals surface area contributed by atoms with Crippen LogP contribution in [-0.4, -0.2) is 16.7 Å². The molecule has 18 heavy (non-hydrogen) atoms. The van der Waals surface area contributed by atoms with Gasteiger partial charge in [0.05, 0.1) is 12.5 Å². The third-order valence-corrected chi connectivity index (χ3v) is 2.80. The van der Waals surface area contributed by atoms with E-state index in [1.807, 2.05) is 13.0 Å². The van der Waals surface area contributed by atoms with Crippen LogP contribution in [0.3, 0.4) is 0 Å². The van der Waals surface area contributed by atoms with Crippen LogP contribution in [-0.2, 0) is 6.42 Å². The third-order valence-electron chi connectivity index (χ3n) is 2.80. The molecule has 0 fully saturated rings. The van der Waals surface area contributed by atoms with Crippen LogP contribution >= 0.6 is 0 Å². The molecule has 2 rings (SSSR count). The number of nitrogens with zero attached hydrogens (tertiary/aromatic N) is 2. The van der Waals surface area contributed by atoms with E-state index >= 15 is 0 Å². The second-order valence-corrected chi connectivity index (χ2v) is 4.48. The maximum atomic E-state index is 5.66. The zero-order valence-corrected chi connectivity index (χ0v) is 11.1. The van der Waals surface area contributed by atoms with Crippen molar-refractivity contribution in [1.29, 1.82) is 0 Å². The molecule has 0 radical (unpaired) electrons. The average Bonchev–Trinajstić information content (AvgIpc) is 2.78. The maximum Gasteiger partial charge on any atom is 0.233 e. The molecule has 4 nitrogen and oxygen atoms in total. The molecule has 1 unspecified atom stereocenters. The minimum Gasteiger partial charge on any atom is -0.423 e. The van der Waals surface area contributed by atoms with E-state index in [0.717, 1.165) is 6.54 Å². The smallest absolute Gasteiger partial charge is 0.233 e. The summed E-state index contributed by atoms with van der Waals surface area (Å²) in [6.45, 7) is 7.04. The lowest BCUT2D eigenvalue weighted by molar-refractivity contribution is 0.401. The Bertz CT molecular complexity index is 507. The number of hydrogen-bond donors (Lipinski definition) is 1. The topological polar surface area (TPSA) is 51.0 Å². The zero-order chi connectivity index (χ0) is 13.0. The van der Waals surface area contributed by atoms with Crippen LogP contribution in [0.5, 0.6) is 0 Å². The Kier molecular flexibility index (Phi) is 4.10. The molecule has 1 aromatic carbocycles. The number of aromatic nitrogens is 2. The fourth-order valence-electron chi connectivity index (χ4n) is 1.90. The van der Waals surface area contributed by atoms with Crippen molar-refractivity contribution in [2.24, 2.45) is 0 Å². The number of rotatable bonds is 5. The van der Waals surface area contributed by atoms with Crippen molar-refractivity contribution in [3.63, 3.8) is 0 Å². The molecule has 0 saturated carbocycles. The largest absolute Gasteiger partial charge is 0.423 e. The zero-order valence-electron chi connectivity index (χ0n) is 11.1. The SMILES string of the molecule is CCNC(C)c1nnc(Cc2cccc(C)c2)o1. The molecular formula is C14H19N3O. The first-order chi connectivity index (χ1) is 8.69. The van der Waals surface area contributed by atoms with Gasteiger partial charge in [0.15, 0.2) is 0 Å². The molecule has 1 heterocycles. The van der Waals surface area contributed by atoms with Gasteiger partial charge in [-0.1, -0.05) is 36.8 Å². The summed E-state index contributed by atoms with van der Waals surface area (Å²) in [5.41, 5.74) is 2.44. The highest BCUT2D eigenvalue weighted by Gasteiger charge is 2.12. The van der Waals surface area contributed by atoms with Crippen LogP contribution in [0.25, 0.3) is 0 Å². The van der Waals surface area contributed by atoms with E-state index in [4.69, 9.17) is 4.42 Å². The molecule has 0 amide bonds. The van der Waals surface area contributed by atoms with Gasteiger partial charge in [-0.15, -0.1) is 10.2 Å². The van der Waals surface area contributed by atoms with Crippen molar-refractivity contribution < 1.29 is 4.42 Å². The fourth-order valence-corrected chi connectivity index (χ4v) is 1.90. The Hall–Kier alpha value is -1.68. The Morgan fingerprint density at radius 2 is 2.17 bits per heavy atom. The molecule has 0 spiro atoms. The molecule has 1 atom stereocenters. The molecular weight excluding hydrogens is 226 g/mol. The van der Waals surface area contributed by atoms with Crippen LogP contribution in [0.2, 0.25) is 0 Å². The second-order valence-electron chi connectivity index (χ2n) is 4.48. The van der Waals surface area contributed by atoms with E-state index in [-0.39, 0.29) is 6.04 Å². The van der Waals surface area contributed by atoms with Crippen molar-refractivity contribution in [3.05, 3.63) is 47.2 Å². The first-order valence-corrected chi connectivity index (χ1v) is 6.30. The number of hydrogen-bond acceptors (Lipinski definition) is 4. The standard InChI is InChI=1S/C14H19N3O/c1-4-15-11(3)14-17-16-13(18-14)9-12-7-5-6-10(2)8-12/h5-8,11,15H,4,9H2,1-3H3. The lowest BCUT2D eigenvalue weighted by atomic mass is 10.1. The summed E-state index contributed by atoms with van der Waals surface area (Å²) in [6.07, 6.45) is 0.688. The summed E-state index contributed by atoms with van der Waals surface area (Å²) < 4.78 is 5.66. The molecule has 1 aromatic heterocycles. The van der Waals surface area contributed by atoms with Gasteiger partial charge in [-0.2, -0.15) is 0 Å². The first kappa shape index (κ1) is 12.8. The highest BCUT2D eigenvalue weighted by Crippen LogP contribution is 2.14. The van der Waals surface area contributed by atoms with Crippen molar-refractivity contribution in [2.45, 2.75) is 33.2 Å². The van der Waals surface area contributed by atoms with Crippen molar-refractivity contribution in [3.8, 4) is 0 Å². The van der Waals surface area contributed by atoms with Crippen LogP contribution in [0.1, 0.15) is 42.8 Å². The van der Waals surface area contributed by atoms with Gasteiger partial charge in [0.2, 0.25) is 11.8 Å². The molecule has 4 heteroatoms. The predicted molar refractivity (Wildman–Crippen MR) is 70.4 cm³/mol. The monoisotopic (exact) mass is 245 g/mol. The Morgan fingerprint density at radius 1 is 1.33 bits per heavy atom.